The Hall–Kier alpha value is -5.34. The molecule has 3 aliphatic rings. The first kappa shape index (κ1) is 60.0. The first-order valence-electron chi connectivity index (χ1n) is 26.1. The van der Waals surface area contributed by atoms with E-state index in [0.717, 1.165) is 51.4 Å². The third kappa shape index (κ3) is 21.1. The van der Waals surface area contributed by atoms with Crippen molar-refractivity contribution in [3.63, 3.8) is 0 Å². The Morgan fingerprint density at radius 2 is 0.915 bits per heavy atom. The lowest BCUT2D eigenvalue weighted by Gasteiger charge is -2.28. The fourth-order valence-corrected chi connectivity index (χ4v) is 9.53. The van der Waals surface area contributed by atoms with Crippen molar-refractivity contribution in [3.8, 4) is 0 Å². The van der Waals surface area contributed by atoms with Crippen LogP contribution in [0.25, 0.3) is 0 Å². The molecule has 0 radical (unpaired) electrons. The minimum Gasteiger partial charge on any atom is -0.356 e. The second kappa shape index (κ2) is 32.6. The normalized spacial score (nSPS) is 24.0. The molecule has 0 aliphatic carbocycles. The summed E-state index contributed by atoms with van der Waals surface area (Å²) < 4.78 is 0. The maximum absolute atomic E-state index is 14.1. The van der Waals surface area contributed by atoms with Gasteiger partial charge in [0.25, 0.3) is 11.8 Å². The van der Waals surface area contributed by atoms with Crippen LogP contribution in [0.2, 0.25) is 0 Å². The molecule has 71 heavy (non-hydrogen) atoms. The van der Waals surface area contributed by atoms with Crippen LogP contribution in [0.5, 0.6) is 0 Å². The topological polar surface area (TPSA) is 278 Å². The average Bonchev–Trinajstić information content (AvgIpc) is 3.80. The van der Waals surface area contributed by atoms with E-state index in [0.29, 0.717) is 63.7 Å². The summed E-state index contributed by atoms with van der Waals surface area (Å²) in [6.45, 7) is 9.85. The van der Waals surface area contributed by atoms with E-state index in [-0.39, 0.29) is 74.7 Å². The van der Waals surface area contributed by atoms with E-state index in [4.69, 9.17) is 0 Å². The van der Waals surface area contributed by atoms with Gasteiger partial charge in [0.15, 0.2) is 0 Å². The second-order valence-electron chi connectivity index (χ2n) is 18.8. The van der Waals surface area contributed by atoms with Crippen LogP contribution in [-0.2, 0) is 52.7 Å². The smallest absolute Gasteiger partial charge is 0.253 e. The van der Waals surface area contributed by atoms with Gasteiger partial charge < -0.3 is 37.2 Å². The molecule has 2 saturated heterocycles. The summed E-state index contributed by atoms with van der Waals surface area (Å²) in [5, 5.41) is 18.8. The highest BCUT2D eigenvalue weighted by atomic mass is 32.2. The maximum Gasteiger partial charge on any atom is 0.253 e. The number of carbonyl (C=O) groups excluding carboxylic acids is 11. The summed E-state index contributed by atoms with van der Waals surface area (Å²) in [5.41, 5.74) is 0. The summed E-state index contributed by atoms with van der Waals surface area (Å²) in [6.07, 6.45) is 13.9. The van der Waals surface area contributed by atoms with Gasteiger partial charge in [0, 0.05) is 50.4 Å². The Bertz CT molecular complexity index is 1860. The molecule has 398 valence electrons. The molecule has 0 aromatic heterocycles. The van der Waals surface area contributed by atoms with Crippen molar-refractivity contribution in [2.45, 2.75) is 211 Å². The lowest BCUT2D eigenvalue weighted by atomic mass is 10.0. The summed E-state index contributed by atoms with van der Waals surface area (Å²) >= 11 is 1.26. The van der Waals surface area contributed by atoms with Crippen LogP contribution >= 0.6 is 11.8 Å². The van der Waals surface area contributed by atoms with Crippen molar-refractivity contribution in [2.75, 3.05) is 25.4 Å². The highest BCUT2D eigenvalue weighted by Gasteiger charge is 2.38. The largest absolute Gasteiger partial charge is 0.356 e. The summed E-state index contributed by atoms with van der Waals surface area (Å²) in [7, 11) is 0. The third-order valence-electron chi connectivity index (χ3n) is 12.8. The van der Waals surface area contributed by atoms with E-state index in [1.807, 2.05) is 20.8 Å². The molecule has 0 saturated carbocycles. The predicted octanol–water partition coefficient (Wildman–Crippen LogP) is 2.71. The number of thioether (sulfide) groups is 1. The van der Waals surface area contributed by atoms with Gasteiger partial charge in [0.05, 0.1) is 5.25 Å². The molecule has 20 nitrogen and oxygen atoms in total. The summed E-state index contributed by atoms with van der Waals surface area (Å²) in [6, 6.07) is -6.37. The van der Waals surface area contributed by atoms with E-state index in [1.54, 1.807) is 0 Å². The molecule has 3 heterocycles. The molecule has 21 heteroatoms. The zero-order valence-electron chi connectivity index (χ0n) is 42.7. The minimum atomic E-state index is -1.13. The number of unbranched alkanes of at least 4 members (excludes halogenated alkanes) is 10. The number of hydrogen-bond donors (Lipinski definition) is 7. The van der Waals surface area contributed by atoms with Gasteiger partial charge >= 0.3 is 0 Å². The monoisotopic (exact) mass is 1020 g/mol. The van der Waals surface area contributed by atoms with E-state index in [2.05, 4.69) is 37.2 Å². The highest BCUT2D eigenvalue weighted by molar-refractivity contribution is 8.00. The fraction of sp³-hybridized carbons (Fsp3) is 0.740. The number of amides is 11. The molecular weight excluding hydrogens is 935 g/mol. The van der Waals surface area contributed by atoms with Crippen LogP contribution in [0.1, 0.15) is 169 Å². The molecule has 0 spiro atoms. The van der Waals surface area contributed by atoms with Crippen LogP contribution in [0, 0.1) is 0 Å². The zero-order valence-corrected chi connectivity index (χ0v) is 43.5. The van der Waals surface area contributed by atoms with E-state index < -0.39 is 76.9 Å². The molecule has 11 amide bonds. The molecule has 3 rings (SSSR count). The second-order valence-corrected chi connectivity index (χ2v) is 20.1. The van der Waals surface area contributed by atoms with Crippen LogP contribution < -0.4 is 37.2 Å². The van der Waals surface area contributed by atoms with Crippen molar-refractivity contribution >= 4 is 76.7 Å². The Morgan fingerprint density at radius 1 is 0.521 bits per heavy atom. The van der Waals surface area contributed by atoms with Gasteiger partial charge in [0.1, 0.15) is 36.3 Å². The summed E-state index contributed by atoms with van der Waals surface area (Å²) in [5.74, 6) is -4.70. The van der Waals surface area contributed by atoms with Crippen LogP contribution in [0.4, 0.5) is 0 Å². The predicted molar refractivity (Wildman–Crippen MR) is 269 cm³/mol. The average molecular weight is 1020 g/mol. The number of nitrogens with zero attached hydrogens (tertiary/aromatic N) is 2. The van der Waals surface area contributed by atoms with Gasteiger partial charge in [-0.3, -0.25) is 62.5 Å². The fourth-order valence-electron chi connectivity index (χ4n) is 8.41. The van der Waals surface area contributed by atoms with Crippen LogP contribution in [0.15, 0.2) is 12.2 Å². The van der Waals surface area contributed by atoms with E-state index >= 15 is 0 Å². The zero-order chi connectivity index (χ0) is 52.3. The Morgan fingerprint density at radius 3 is 1.35 bits per heavy atom. The standard InChI is InChI=1S/C50H81N9O11S/c1-6-9-14-21-35-46(66)52-34(5)45(65)55-37(23-16-11-8-3)48(68)57-38(49(69)56-36(22-15-10-7-2)47(67)53-33(4)44(64)54-35)24-17-18-28-51-40(60)27-31-71-39-32-43(63)59(50(39)70)30-20-13-12-19-29-58-41(61)25-26-42(58)62/h25-26,33-39H,6-24,27-32H2,1-5H3,(H,51,60)(H,52,66)(H,53,67)(H,54,64)(H,55,65)(H,56,69)(H,57,68)/t33-,34-,35+,36+,37+,38-,39?/m1/s1. The van der Waals surface area contributed by atoms with Gasteiger partial charge in [0.2, 0.25) is 53.2 Å². The maximum atomic E-state index is 14.1. The Balaban J connectivity index is 1.60. The first-order chi connectivity index (χ1) is 34.0. The number of hydrogen-bond acceptors (Lipinski definition) is 12. The Labute approximate surface area is 423 Å². The van der Waals surface area contributed by atoms with Crippen LogP contribution in [0.3, 0.4) is 0 Å². The number of carbonyl (C=O) groups is 11. The van der Waals surface area contributed by atoms with Crippen molar-refractivity contribution in [3.05, 3.63) is 12.2 Å². The number of likely N-dealkylation sites (tertiary alicyclic amines) is 1. The molecule has 1 unspecified atom stereocenters. The molecular formula is C50H81N9O11S. The molecule has 0 bridgehead atoms. The highest BCUT2D eigenvalue weighted by Crippen LogP contribution is 2.26. The van der Waals surface area contributed by atoms with Crippen molar-refractivity contribution < 1.29 is 52.7 Å². The van der Waals surface area contributed by atoms with Crippen molar-refractivity contribution in [1.29, 1.82) is 0 Å². The van der Waals surface area contributed by atoms with Crippen LogP contribution in [-0.4, -0.2) is 142 Å². The van der Waals surface area contributed by atoms with Gasteiger partial charge in [-0.25, -0.2) is 0 Å². The minimum absolute atomic E-state index is 0.0614. The van der Waals surface area contributed by atoms with Gasteiger partial charge in [-0.2, -0.15) is 0 Å². The molecule has 7 N–H and O–H groups in total. The Kier molecular flexibility index (Phi) is 27.5. The number of nitrogens with one attached hydrogen (secondary N) is 7. The molecule has 0 aromatic rings. The SMILES string of the molecule is CCCCC[C@@H]1NC(=O)[C@@H](C)NC(=O)[C@H](CCCCC)NC(=O)[C@@H](CCCCNC(=O)CCSC2CC(=O)N(CCCCCCN3C(=O)C=CC3=O)C2=O)NC(=O)[C@H](CCCCC)NC(=O)[C@@H](C)NC1=O. The van der Waals surface area contributed by atoms with E-state index in [1.165, 1.54) is 47.6 Å². The number of imide groups is 2. The molecule has 3 aliphatic heterocycles. The lowest BCUT2D eigenvalue weighted by molar-refractivity contribution is -0.139. The third-order valence-corrected chi connectivity index (χ3v) is 14.0. The quantitative estimate of drug-likeness (QED) is 0.0441. The lowest BCUT2D eigenvalue weighted by Crippen LogP contribution is -2.60. The molecule has 0 aromatic carbocycles. The van der Waals surface area contributed by atoms with Crippen molar-refractivity contribution in [1.82, 2.24) is 47.0 Å². The number of rotatable bonds is 28. The van der Waals surface area contributed by atoms with Gasteiger partial charge in [-0.15, -0.1) is 11.8 Å². The van der Waals surface area contributed by atoms with Gasteiger partial charge in [-0.1, -0.05) is 91.4 Å². The van der Waals surface area contributed by atoms with Gasteiger partial charge in [-0.05, 0) is 65.2 Å². The molecule has 7 atom stereocenters. The first-order valence-corrected chi connectivity index (χ1v) is 27.1. The molecule has 2 fully saturated rings. The van der Waals surface area contributed by atoms with E-state index in [9.17, 15) is 52.7 Å². The van der Waals surface area contributed by atoms with Crippen molar-refractivity contribution in [2.24, 2.45) is 0 Å². The summed E-state index contributed by atoms with van der Waals surface area (Å²) in [4.78, 5) is 147.